The molecular formula is C26H28FN3O5. The van der Waals surface area contributed by atoms with E-state index in [2.05, 4.69) is 4.90 Å². The molecule has 2 amide bonds. The summed E-state index contributed by atoms with van der Waals surface area (Å²) in [5.41, 5.74) is 1.15. The molecule has 0 aliphatic carbocycles. The maximum Gasteiger partial charge on any atom is 0.415 e. The first-order valence-electron chi connectivity index (χ1n) is 11.9. The van der Waals surface area contributed by atoms with Crippen LogP contribution in [0.25, 0.3) is 0 Å². The van der Waals surface area contributed by atoms with E-state index in [1.165, 1.54) is 21.9 Å². The van der Waals surface area contributed by atoms with Gasteiger partial charge in [-0.2, -0.15) is 0 Å². The van der Waals surface area contributed by atoms with Gasteiger partial charge >= 0.3 is 12.1 Å². The van der Waals surface area contributed by atoms with Crippen molar-refractivity contribution < 1.29 is 28.6 Å². The molecule has 2 bridgehead atoms. The van der Waals surface area contributed by atoms with Crippen LogP contribution in [0.5, 0.6) is 0 Å². The van der Waals surface area contributed by atoms with Crippen molar-refractivity contribution in [2.24, 2.45) is 11.8 Å². The van der Waals surface area contributed by atoms with E-state index in [9.17, 15) is 18.8 Å². The Balaban J connectivity index is 1.34. The van der Waals surface area contributed by atoms with Crippen molar-refractivity contribution >= 4 is 23.7 Å². The van der Waals surface area contributed by atoms with Crippen LogP contribution in [-0.2, 0) is 16.1 Å². The Bertz CT molecular complexity index is 1130. The first-order chi connectivity index (χ1) is 16.9. The molecule has 2 aromatic carbocycles. The summed E-state index contributed by atoms with van der Waals surface area (Å²) in [5, 5.41) is 9.06. The molecule has 184 valence electrons. The van der Waals surface area contributed by atoms with Crippen molar-refractivity contribution in [1.29, 1.82) is 0 Å². The normalized spacial score (nSPS) is 23.5. The van der Waals surface area contributed by atoms with Crippen LogP contribution in [0, 0.1) is 17.7 Å². The highest BCUT2D eigenvalue weighted by Gasteiger charge is 2.38. The summed E-state index contributed by atoms with van der Waals surface area (Å²) in [6.07, 6.45) is 1.14. The minimum atomic E-state index is -0.912. The van der Waals surface area contributed by atoms with E-state index < -0.39 is 23.8 Å². The fourth-order valence-electron chi connectivity index (χ4n) is 5.12. The molecule has 1 N–H and O–H groups in total. The lowest BCUT2D eigenvalue weighted by Crippen LogP contribution is -2.53. The van der Waals surface area contributed by atoms with Gasteiger partial charge in [-0.05, 0) is 61.7 Å². The predicted octanol–water partition coefficient (Wildman–Crippen LogP) is 3.22. The minimum absolute atomic E-state index is 0.0275. The van der Waals surface area contributed by atoms with Crippen molar-refractivity contribution in [3.05, 3.63) is 65.5 Å². The standard InChI is InChI=1S/C26H28FN3O5/c27-21-6-1-2-7-22(21)30(26(34)35-23-16-28-10-8-18(23)9-11-28)13-17-4-3-5-19(12-17)24(31)29-14-20(15-29)25(32)33/h1-7,12,18,20,23H,8-11,13-16H2,(H,32,33)/t23-/m0/s1. The van der Waals surface area contributed by atoms with E-state index in [0.29, 0.717) is 23.6 Å². The fraction of sp³-hybridized carbons (Fsp3) is 0.423. The molecule has 4 aliphatic rings. The van der Waals surface area contributed by atoms with Gasteiger partial charge in [0.15, 0.2) is 0 Å². The number of likely N-dealkylation sites (tertiary alicyclic amines) is 1. The molecule has 8 nitrogen and oxygen atoms in total. The lowest BCUT2D eigenvalue weighted by atomic mass is 9.86. The summed E-state index contributed by atoms with van der Waals surface area (Å²) in [7, 11) is 0. The average molecular weight is 482 g/mol. The second-order valence-electron chi connectivity index (χ2n) is 9.54. The molecule has 4 fully saturated rings. The number of carboxylic acid groups (broad SMARTS) is 1. The molecule has 4 saturated heterocycles. The highest BCUT2D eigenvalue weighted by atomic mass is 19.1. The summed E-state index contributed by atoms with van der Waals surface area (Å²) in [5.74, 6) is -1.94. The molecular weight excluding hydrogens is 453 g/mol. The van der Waals surface area contributed by atoms with Crippen LogP contribution < -0.4 is 4.90 Å². The Hall–Kier alpha value is -3.46. The molecule has 0 spiro atoms. The zero-order chi connectivity index (χ0) is 24.5. The zero-order valence-corrected chi connectivity index (χ0v) is 19.3. The molecule has 6 rings (SSSR count). The van der Waals surface area contributed by atoms with Crippen LogP contribution in [0.4, 0.5) is 14.9 Å². The lowest BCUT2D eigenvalue weighted by Gasteiger charge is -2.44. The third-order valence-corrected chi connectivity index (χ3v) is 7.24. The molecule has 9 heteroatoms. The minimum Gasteiger partial charge on any atom is -0.481 e. The van der Waals surface area contributed by atoms with Crippen molar-refractivity contribution in [3.8, 4) is 0 Å². The van der Waals surface area contributed by atoms with Crippen LogP contribution in [0.3, 0.4) is 0 Å². The highest BCUT2D eigenvalue weighted by molar-refractivity contribution is 5.96. The van der Waals surface area contributed by atoms with Gasteiger partial charge in [0.1, 0.15) is 11.9 Å². The summed E-state index contributed by atoms with van der Waals surface area (Å²) in [6, 6.07) is 12.8. The van der Waals surface area contributed by atoms with E-state index in [4.69, 9.17) is 9.84 Å². The summed E-state index contributed by atoms with van der Waals surface area (Å²) < 4.78 is 20.6. The quantitative estimate of drug-likeness (QED) is 0.682. The molecule has 1 atom stereocenters. The van der Waals surface area contributed by atoms with Gasteiger partial charge in [0.05, 0.1) is 18.2 Å². The number of nitrogens with zero attached hydrogens (tertiary/aromatic N) is 3. The Morgan fingerprint density at radius 2 is 1.77 bits per heavy atom. The fourth-order valence-corrected chi connectivity index (χ4v) is 5.12. The summed E-state index contributed by atoms with van der Waals surface area (Å²) in [4.78, 5) is 42.2. The van der Waals surface area contributed by atoms with Gasteiger partial charge in [0.25, 0.3) is 5.91 Å². The second-order valence-corrected chi connectivity index (χ2v) is 9.54. The largest absolute Gasteiger partial charge is 0.481 e. The van der Waals surface area contributed by atoms with Gasteiger partial charge in [0, 0.05) is 25.2 Å². The highest BCUT2D eigenvalue weighted by Crippen LogP contribution is 2.31. The smallest absolute Gasteiger partial charge is 0.415 e. The summed E-state index contributed by atoms with van der Waals surface area (Å²) >= 11 is 0. The molecule has 35 heavy (non-hydrogen) atoms. The van der Waals surface area contributed by atoms with Crippen LogP contribution in [0.2, 0.25) is 0 Å². The van der Waals surface area contributed by atoms with Crippen LogP contribution in [0.1, 0.15) is 28.8 Å². The second kappa shape index (κ2) is 9.65. The topological polar surface area (TPSA) is 90.4 Å². The van der Waals surface area contributed by atoms with Crippen molar-refractivity contribution in [2.75, 3.05) is 37.6 Å². The molecule has 4 aliphatic heterocycles. The molecule has 2 aromatic rings. The van der Waals surface area contributed by atoms with Crippen LogP contribution in [0.15, 0.2) is 48.5 Å². The van der Waals surface area contributed by atoms with Crippen molar-refractivity contribution in [3.63, 3.8) is 0 Å². The Labute approximate surface area is 202 Å². The number of carbonyl (C=O) groups is 3. The van der Waals surface area contributed by atoms with Crippen LogP contribution >= 0.6 is 0 Å². The van der Waals surface area contributed by atoms with Gasteiger partial charge < -0.3 is 14.7 Å². The zero-order valence-electron chi connectivity index (χ0n) is 19.3. The first-order valence-corrected chi connectivity index (χ1v) is 11.9. The third-order valence-electron chi connectivity index (χ3n) is 7.24. The number of aliphatic carboxylic acids is 1. The van der Waals surface area contributed by atoms with E-state index in [-0.39, 0.29) is 37.3 Å². The predicted molar refractivity (Wildman–Crippen MR) is 125 cm³/mol. The Morgan fingerprint density at radius 1 is 1.03 bits per heavy atom. The number of amides is 2. The van der Waals surface area contributed by atoms with Crippen LogP contribution in [-0.4, -0.2) is 71.7 Å². The number of rotatable bonds is 6. The maximum atomic E-state index is 14.7. The van der Waals surface area contributed by atoms with Gasteiger partial charge in [-0.3, -0.25) is 19.4 Å². The maximum absolute atomic E-state index is 14.7. The monoisotopic (exact) mass is 481 g/mol. The van der Waals surface area contributed by atoms with Crippen molar-refractivity contribution in [1.82, 2.24) is 9.80 Å². The van der Waals surface area contributed by atoms with Crippen molar-refractivity contribution in [2.45, 2.75) is 25.5 Å². The molecule has 0 aromatic heterocycles. The SMILES string of the molecule is O=C(O)C1CN(C(=O)c2cccc(CN(C(=O)O[C@H]3CN4CCC3CC4)c3ccccc3F)c2)C1. The van der Waals surface area contributed by atoms with E-state index in [0.717, 1.165) is 25.9 Å². The average Bonchev–Trinajstić information content (AvgIpc) is 2.83. The number of carboxylic acids is 1. The Kier molecular flexibility index (Phi) is 6.42. The number of benzene rings is 2. The van der Waals surface area contributed by atoms with Gasteiger partial charge in [-0.25, -0.2) is 9.18 Å². The number of ether oxygens (including phenoxy) is 1. The number of halogens is 1. The number of carbonyl (C=O) groups excluding carboxylic acids is 2. The van der Waals surface area contributed by atoms with E-state index in [1.807, 2.05) is 0 Å². The van der Waals surface area contributed by atoms with E-state index >= 15 is 0 Å². The van der Waals surface area contributed by atoms with Gasteiger partial charge in [0.2, 0.25) is 0 Å². The molecule has 0 unspecified atom stereocenters. The molecule has 0 radical (unpaired) electrons. The number of hydrogen-bond acceptors (Lipinski definition) is 5. The van der Waals surface area contributed by atoms with E-state index in [1.54, 1.807) is 36.4 Å². The number of hydrogen-bond donors (Lipinski definition) is 1. The first kappa shape index (κ1) is 23.3. The summed E-state index contributed by atoms with van der Waals surface area (Å²) in [6.45, 7) is 3.09. The van der Waals surface area contributed by atoms with Gasteiger partial charge in [-0.15, -0.1) is 0 Å². The van der Waals surface area contributed by atoms with Gasteiger partial charge in [-0.1, -0.05) is 24.3 Å². The lowest BCUT2D eigenvalue weighted by molar-refractivity contribution is -0.146. The Morgan fingerprint density at radius 3 is 2.43 bits per heavy atom. The number of piperidine rings is 3. The number of anilines is 1. The molecule has 4 heterocycles. The third kappa shape index (κ3) is 4.86. The number of para-hydroxylation sites is 1. The molecule has 0 saturated carbocycles. The number of fused-ring (bicyclic) bond motifs is 3.